The molecule has 3 rings (SSSR count). The van der Waals surface area contributed by atoms with Gasteiger partial charge in [-0.2, -0.15) is 0 Å². The fraction of sp³-hybridized carbons (Fsp3) is 0.818. The van der Waals surface area contributed by atoms with E-state index in [2.05, 4.69) is 39.8 Å². The standard InChI is InChI=1S/C22H36/c1-5-8-16-14-18-12-13-22(4)19(7-3)10-11-21(22)20(18)15-17(16)9-6-2/h12,14,17,19-21H,5-11,13,15H2,1-4H3. The van der Waals surface area contributed by atoms with Crippen LogP contribution in [0.25, 0.3) is 0 Å². The zero-order valence-electron chi connectivity index (χ0n) is 15.3. The first-order chi connectivity index (χ1) is 10.6. The van der Waals surface area contributed by atoms with Crippen molar-refractivity contribution in [2.75, 3.05) is 0 Å². The predicted molar refractivity (Wildman–Crippen MR) is 96.8 cm³/mol. The topological polar surface area (TPSA) is 0 Å². The Kier molecular flexibility index (Phi) is 4.86. The van der Waals surface area contributed by atoms with Gasteiger partial charge in [-0.1, -0.05) is 64.7 Å². The van der Waals surface area contributed by atoms with Crippen LogP contribution in [0.3, 0.4) is 0 Å². The SMILES string of the molecule is CCCC1=CC2=CCC3(C)C(CC)CCC3C2CC1CCC. The summed E-state index contributed by atoms with van der Waals surface area (Å²) in [5, 5.41) is 0. The van der Waals surface area contributed by atoms with Gasteiger partial charge in [0.1, 0.15) is 0 Å². The van der Waals surface area contributed by atoms with Crippen LogP contribution in [0.1, 0.15) is 85.5 Å². The normalized spacial score (nSPS) is 40.7. The van der Waals surface area contributed by atoms with Gasteiger partial charge >= 0.3 is 0 Å². The molecule has 3 aliphatic rings. The van der Waals surface area contributed by atoms with Crippen molar-refractivity contribution in [2.24, 2.45) is 29.1 Å². The summed E-state index contributed by atoms with van der Waals surface area (Å²) in [5.41, 5.74) is 4.12. The monoisotopic (exact) mass is 300 g/mol. The zero-order chi connectivity index (χ0) is 15.7. The molecule has 0 heteroatoms. The zero-order valence-corrected chi connectivity index (χ0v) is 15.3. The average Bonchev–Trinajstić information content (AvgIpc) is 2.85. The van der Waals surface area contributed by atoms with Crippen LogP contribution in [0.2, 0.25) is 0 Å². The highest BCUT2D eigenvalue weighted by molar-refractivity contribution is 5.35. The molecule has 0 bridgehead atoms. The van der Waals surface area contributed by atoms with Gasteiger partial charge in [-0.25, -0.2) is 0 Å². The lowest BCUT2D eigenvalue weighted by Crippen LogP contribution is -2.38. The molecule has 22 heavy (non-hydrogen) atoms. The van der Waals surface area contributed by atoms with Crippen LogP contribution in [-0.2, 0) is 0 Å². The fourth-order valence-corrected chi connectivity index (χ4v) is 6.19. The number of hydrogen-bond acceptors (Lipinski definition) is 0. The van der Waals surface area contributed by atoms with E-state index >= 15 is 0 Å². The Morgan fingerprint density at radius 1 is 1.14 bits per heavy atom. The third kappa shape index (κ3) is 2.61. The summed E-state index contributed by atoms with van der Waals surface area (Å²) >= 11 is 0. The van der Waals surface area contributed by atoms with Crippen molar-refractivity contribution in [3.05, 3.63) is 23.3 Å². The van der Waals surface area contributed by atoms with Crippen LogP contribution in [-0.4, -0.2) is 0 Å². The maximum atomic E-state index is 2.65. The third-order valence-corrected chi connectivity index (χ3v) is 7.38. The Balaban J connectivity index is 1.89. The fourth-order valence-electron chi connectivity index (χ4n) is 6.19. The highest BCUT2D eigenvalue weighted by Crippen LogP contribution is 2.60. The van der Waals surface area contributed by atoms with Crippen molar-refractivity contribution >= 4 is 0 Å². The summed E-state index contributed by atoms with van der Waals surface area (Å²) in [6.45, 7) is 9.73. The molecule has 5 atom stereocenters. The molecule has 0 aliphatic heterocycles. The molecule has 1 fully saturated rings. The van der Waals surface area contributed by atoms with Crippen molar-refractivity contribution in [2.45, 2.75) is 85.5 Å². The molecule has 0 radical (unpaired) electrons. The minimum atomic E-state index is 0.607. The first-order valence-corrected chi connectivity index (χ1v) is 10.0. The second-order valence-electron chi connectivity index (χ2n) is 8.50. The van der Waals surface area contributed by atoms with Crippen molar-refractivity contribution in [3.8, 4) is 0 Å². The highest BCUT2D eigenvalue weighted by Gasteiger charge is 2.51. The van der Waals surface area contributed by atoms with Crippen LogP contribution in [0.5, 0.6) is 0 Å². The lowest BCUT2D eigenvalue weighted by atomic mass is 9.57. The molecule has 0 spiro atoms. The van der Waals surface area contributed by atoms with E-state index in [4.69, 9.17) is 0 Å². The van der Waals surface area contributed by atoms with Crippen LogP contribution in [0.4, 0.5) is 0 Å². The van der Waals surface area contributed by atoms with E-state index in [1.807, 2.05) is 0 Å². The number of rotatable bonds is 5. The number of fused-ring (bicyclic) bond motifs is 3. The molecule has 0 nitrogen and oxygen atoms in total. The second-order valence-corrected chi connectivity index (χ2v) is 8.50. The van der Waals surface area contributed by atoms with Crippen LogP contribution < -0.4 is 0 Å². The summed E-state index contributed by atoms with van der Waals surface area (Å²) in [5.74, 6) is 3.71. The molecule has 5 unspecified atom stereocenters. The summed E-state index contributed by atoms with van der Waals surface area (Å²) in [6.07, 6.45) is 17.9. The Bertz CT molecular complexity index is 455. The number of allylic oxidation sites excluding steroid dienone is 4. The van der Waals surface area contributed by atoms with Gasteiger partial charge in [-0.05, 0) is 73.2 Å². The van der Waals surface area contributed by atoms with E-state index in [0.29, 0.717) is 5.41 Å². The first kappa shape index (κ1) is 16.3. The van der Waals surface area contributed by atoms with Gasteiger partial charge in [0.2, 0.25) is 0 Å². The average molecular weight is 301 g/mol. The van der Waals surface area contributed by atoms with Gasteiger partial charge < -0.3 is 0 Å². The van der Waals surface area contributed by atoms with Gasteiger partial charge in [-0.15, -0.1) is 0 Å². The minimum absolute atomic E-state index is 0.607. The molecule has 0 heterocycles. The molecule has 124 valence electrons. The summed E-state index contributed by atoms with van der Waals surface area (Å²) in [4.78, 5) is 0. The van der Waals surface area contributed by atoms with Crippen LogP contribution >= 0.6 is 0 Å². The van der Waals surface area contributed by atoms with E-state index in [1.165, 1.54) is 57.8 Å². The molecule has 0 aromatic carbocycles. The summed E-state index contributed by atoms with van der Waals surface area (Å²) in [6, 6.07) is 0. The maximum absolute atomic E-state index is 2.65. The largest absolute Gasteiger partial charge is 0.0805 e. The first-order valence-electron chi connectivity index (χ1n) is 10.0. The Labute approximate surface area is 138 Å². The minimum Gasteiger partial charge on any atom is -0.0805 e. The van der Waals surface area contributed by atoms with E-state index in [-0.39, 0.29) is 0 Å². The molecular formula is C22H36. The molecule has 0 amide bonds. The molecule has 1 saturated carbocycles. The van der Waals surface area contributed by atoms with Crippen molar-refractivity contribution in [1.29, 1.82) is 0 Å². The van der Waals surface area contributed by atoms with Gasteiger partial charge in [0, 0.05) is 0 Å². The Hall–Kier alpha value is -0.520. The second kappa shape index (κ2) is 6.54. The van der Waals surface area contributed by atoms with E-state index in [1.54, 1.807) is 11.1 Å². The van der Waals surface area contributed by atoms with E-state index < -0.39 is 0 Å². The highest BCUT2D eigenvalue weighted by atomic mass is 14.6. The van der Waals surface area contributed by atoms with Crippen molar-refractivity contribution in [3.63, 3.8) is 0 Å². The molecular weight excluding hydrogens is 264 g/mol. The van der Waals surface area contributed by atoms with Gasteiger partial charge in [-0.3, -0.25) is 0 Å². The van der Waals surface area contributed by atoms with Crippen molar-refractivity contribution in [1.82, 2.24) is 0 Å². The molecule has 0 aromatic rings. The van der Waals surface area contributed by atoms with Gasteiger partial charge in [0.05, 0.1) is 0 Å². The van der Waals surface area contributed by atoms with E-state index in [9.17, 15) is 0 Å². The van der Waals surface area contributed by atoms with Crippen LogP contribution in [0, 0.1) is 29.1 Å². The smallest absolute Gasteiger partial charge is 0.0126 e. The molecule has 0 saturated heterocycles. The van der Waals surface area contributed by atoms with Gasteiger partial charge in [0.15, 0.2) is 0 Å². The van der Waals surface area contributed by atoms with Gasteiger partial charge in [0.25, 0.3) is 0 Å². The Morgan fingerprint density at radius 3 is 2.64 bits per heavy atom. The summed E-state index contributed by atoms with van der Waals surface area (Å²) < 4.78 is 0. The quantitative estimate of drug-likeness (QED) is 0.517. The van der Waals surface area contributed by atoms with E-state index in [0.717, 1.165) is 23.7 Å². The number of hydrogen-bond donors (Lipinski definition) is 0. The lowest BCUT2D eigenvalue weighted by molar-refractivity contribution is 0.0972. The molecule has 0 N–H and O–H groups in total. The maximum Gasteiger partial charge on any atom is -0.0126 e. The molecule has 0 aromatic heterocycles. The molecule has 3 aliphatic carbocycles. The third-order valence-electron chi connectivity index (χ3n) is 7.38. The Morgan fingerprint density at radius 2 is 1.95 bits per heavy atom. The predicted octanol–water partition coefficient (Wildman–Crippen LogP) is 6.92. The van der Waals surface area contributed by atoms with Crippen LogP contribution in [0.15, 0.2) is 23.3 Å². The lowest BCUT2D eigenvalue weighted by Gasteiger charge is -2.47. The summed E-state index contributed by atoms with van der Waals surface area (Å²) in [7, 11) is 0. The van der Waals surface area contributed by atoms with Crippen molar-refractivity contribution < 1.29 is 0 Å².